The second-order valence-corrected chi connectivity index (χ2v) is 7.22. The molecule has 0 aliphatic rings. The van der Waals surface area contributed by atoms with Crippen molar-refractivity contribution in [3.05, 3.63) is 101 Å². The first-order valence-electron chi connectivity index (χ1n) is 10.4. The molecule has 0 aliphatic carbocycles. The Hall–Kier alpha value is -4.39. The molecule has 0 atom stereocenters. The first kappa shape index (κ1) is 21.8. The monoisotopic (exact) mass is 443 g/mol. The molecule has 7 nitrogen and oxygen atoms in total. The zero-order valence-corrected chi connectivity index (χ0v) is 17.7. The molecular weight excluding hydrogens is 422 g/mol. The number of benzene rings is 3. The number of esters is 1. The van der Waals surface area contributed by atoms with Gasteiger partial charge in [-0.05, 0) is 28.8 Å². The number of rotatable bonds is 7. The van der Waals surface area contributed by atoms with E-state index in [-0.39, 0.29) is 25.3 Å². The third kappa shape index (κ3) is 5.86. The molecule has 0 fully saturated rings. The SMILES string of the molecule is O=C(CCNC(=O)OCc1ccccc1)Oc1ccc2c(-c3ccccc3)cc(=O)oc2c1. The van der Waals surface area contributed by atoms with Crippen molar-refractivity contribution in [1.82, 2.24) is 5.32 Å². The lowest BCUT2D eigenvalue weighted by atomic mass is 10.0. The van der Waals surface area contributed by atoms with E-state index < -0.39 is 17.7 Å². The van der Waals surface area contributed by atoms with Gasteiger partial charge in [0.05, 0.1) is 6.42 Å². The van der Waals surface area contributed by atoms with Gasteiger partial charge in [0.25, 0.3) is 0 Å². The zero-order chi connectivity index (χ0) is 23.0. The normalized spacial score (nSPS) is 10.5. The van der Waals surface area contributed by atoms with E-state index in [2.05, 4.69) is 5.32 Å². The molecule has 4 rings (SSSR count). The molecule has 1 heterocycles. The molecule has 3 aromatic carbocycles. The van der Waals surface area contributed by atoms with Crippen molar-refractivity contribution in [3.8, 4) is 16.9 Å². The summed E-state index contributed by atoms with van der Waals surface area (Å²) in [5.41, 5.74) is 2.30. The van der Waals surface area contributed by atoms with E-state index >= 15 is 0 Å². The molecule has 0 unspecified atom stereocenters. The van der Waals surface area contributed by atoms with Crippen LogP contribution in [0.5, 0.6) is 5.75 Å². The summed E-state index contributed by atoms with van der Waals surface area (Å²) in [6.45, 7) is 0.206. The van der Waals surface area contributed by atoms with Crippen LogP contribution in [0.1, 0.15) is 12.0 Å². The summed E-state index contributed by atoms with van der Waals surface area (Å²) in [6.07, 6.45) is -0.667. The fourth-order valence-electron chi connectivity index (χ4n) is 3.29. The summed E-state index contributed by atoms with van der Waals surface area (Å²) in [4.78, 5) is 35.9. The minimum Gasteiger partial charge on any atom is -0.445 e. The first-order chi connectivity index (χ1) is 16.1. The molecule has 4 aromatic rings. The quantitative estimate of drug-likeness (QED) is 0.253. The van der Waals surface area contributed by atoms with Gasteiger partial charge in [-0.25, -0.2) is 9.59 Å². The van der Waals surface area contributed by atoms with Crippen molar-refractivity contribution >= 4 is 23.0 Å². The molecule has 1 amide bonds. The minimum absolute atomic E-state index is 0.0491. The summed E-state index contributed by atoms with van der Waals surface area (Å²) in [5.74, 6) is -0.299. The van der Waals surface area contributed by atoms with E-state index in [1.165, 1.54) is 12.1 Å². The van der Waals surface area contributed by atoms with Crippen molar-refractivity contribution < 1.29 is 23.5 Å². The lowest BCUT2D eigenvalue weighted by Gasteiger charge is -2.09. The van der Waals surface area contributed by atoms with Crippen LogP contribution in [-0.4, -0.2) is 18.6 Å². The van der Waals surface area contributed by atoms with E-state index in [0.717, 1.165) is 22.1 Å². The first-order valence-corrected chi connectivity index (χ1v) is 10.4. The Morgan fingerprint density at radius 1 is 0.879 bits per heavy atom. The highest BCUT2D eigenvalue weighted by atomic mass is 16.5. The fraction of sp³-hybridized carbons (Fsp3) is 0.115. The second-order valence-electron chi connectivity index (χ2n) is 7.22. The molecule has 0 spiro atoms. The molecule has 33 heavy (non-hydrogen) atoms. The molecule has 1 N–H and O–H groups in total. The number of amides is 1. The third-order valence-electron chi connectivity index (χ3n) is 4.84. The predicted octanol–water partition coefficient (Wildman–Crippen LogP) is 4.68. The summed E-state index contributed by atoms with van der Waals surface area (Å²) < 4.78 is 15.7. The smallest absolute Gasteiger partial charge is 0.407 e. The number of carbonyl (C=O) groups excluding carboxylic acids is 2. The summed E-state index contributed by atoms with van der Waals surface area (Å²) in [5, 5.41) is 3.24. The number of ether oxygens (including phenoxy) is 2. The average molecular weight is 443 g/mol. The largest absolute Gasteiger partial charge is 0.445 e. The Labute approximate surface area is 189 Å². The van der Waals surface area contributed by atoms with Gasteiger partial charge >= 0.3 is 17.7 Å². The number of fused-ring (bicyclic) bond motifs is 1. The van der Waals surface area contributed by atoms with Crippen LogP contribution in [0, 0.1) is 0 Å². The van der Waals surface area contributed by atoms with Crippen LogP contribution >= 0.6 is 0 Å². The van der Waals surface area contributed by atoms with Gasteiger partial charge in [0, 0.05) is 24.1 Å². The standard InChI is InChI=1S/C26H21NO6/c28-24(13-14-27-26(30)31-17-18-7-3-1-4-8-18)32-20-11-12-21-22(19-9-5-2-6-10-19)16-25(29)33-23(21)15-20/h1-12,15-16H,13-14,17H2,(H,27,30). The van der Waals surface area contributed by atoms with Crippen LogP contribution in [0.2, 0.25) is 0 Å². The third-order valence-corrected chi connectivity index (χ3v) is 4.84. The molecule has 166 valence electrons. The van der Waals surface area contributed by atoms with Gasteiger partial charge in [-0.1, -0.05) is 60.7 Å². The van der Waals surface area contributed by atoms with E-state index in [1.54, 1.807) is 12.1 Å². The van der Waals surface area contributed by atoms with Gasteiger partial charge in [-0.15, -0.1) is 0 Å². The molecule has 0 saturated heterocycles. The van der Waals surface area contributed by atoms with E-state index in [9.17, 15) is 14.4 Å². The van der Waals surface area contributed by atoms with Crippen LogP contribution < -0.4 is 15.7 Å². The highest BCUT2D eigenvalue weighted by Gasteiger charge is 2.12. The van der Waals surface area contributed by atoms with Gasteiger partial charge < -0.3 is 19.2 Å². The predicted molar refractivity (Wildman–Crippen MR) is 123 cm³/mol. The summed E-state index contributed by atoms with van der Waals surface area (Å²) in [7, 11) is 0. The van der Waals surface area contributed by atoms with Gasteiger partial charge in [0.2, 0.25) is 0 Å². The Bertz CT molecular complexity index is 1320. The van der Waals surface area contributed by atoms with Gasteiger partial charge in [-0.2, -0.15) is 0 Å². The Balaban J connectivity index is 1.33. The highest BCUT2D eigenvalue weighted by Crippen LogP contribution is 2.29. The number of alkyl carbamates (subject to hydrolysis) is 1. The fourth-order valence-corrected chi connectivity index (χ4v) is 3.29. The van der Waals surface area contributed by atoms with Crippen LogP contribution in [0.4, 0.5) is 4.79 Å². The van der Waals surface area contributed by atoms with Crippen molar-refractivity contribution in [1.29, 1.82) is 0 Å². The van der Waals surface area contributed by atoms with Crippen LogP contribution in [0.15, 0.2) is 94.1 Å². The number of carbonyl (C=O) groups is 2. The molecule has 0 aliphatic heterocycles. The van der Waals surface area contributed by atoms with Crippen molar-refractivity contribution in [2.24, 2.45) is 0 Å². The summed E-state index contributed by atoms with van der Waals surface area (Å²) >= 11 is 0. The molecule has 0 saturated carbocycles. The van der Waals surface area contributed by atoms with Crippen molar-refractivity contribution in [2.45, 2.75) is 13.0 Å². The van der Waals surface area contributed by atoms with Gasteiger partial charge in [-0.3, -0.25) is 4.79 Å². The lowest BCUT2D eigenvalue weighted by molar-refractivity contribution is -0.134. The highest BCUT2D eigenvalue weighted by molar-refractivity contribution is 5.94. The molecular formula is C26H21NO6. The van der Waals surface area contributed by atoms with Crippen LogP contribution in [0.3, 0.4) is 0 Å². The van der Waals surface area contributed by atoms with E-state index in [0.29, 0.717) is 5.58 Å². The Morgan fingerprint density at radius 3 is 2.36 bits per heavy atom. The molecule has 0 bridgehead atoms. The van der Waals surface area contributed by atoms with Crippen LogP contribution in [0.25, 0.3) is 22.1 Å². The maximum atomic E-state index is 12.2. The molecule has 1 aromatic heterocycles. The van der Waals surface area contributed by atoms with Crippen LogP contribution in [-0.2, 0) is 16.1 Å². The van der Waals surface area contributed by atoms with E-state index in [4.69, 9.17) is 13.9 Å². The van der Waals surface area contributed by atoms with Crippen molar-refractivity contribution in [2.75, 3.05) is 6.54 Å². The van der Waals surface area contributed by atoms with Gasteiger partial charge in [0.15, 0.2) is 0 Å². The minimum atomic E-state index is -0.618. The lowest BCUT2D eigenvalue weighted by Crippen LogP contribution is -2.27. The topological polar surface area (TPSA) is 94.8 Å². The Kier molecular flexibility index (Phi) is 6.80. The maximum Gasteiger partial charge on any atom is 0.407 e. The Morgan fingerprint density at radius 2 is 1.61 bits per heavy atom. The van der Waals surface area contributed by atoms with Crippen molar-refractivity contribution in [3.63, 3.8) is 0 Å². The number of hydrogen-bond acceptors (Lipinski definition) is 6. The van der Waals surface area contributed by atoms with Gasteiger partial charge in [0.1, 0.15) is 17.9 Å². The summed E-state index contributed by atoms with van der Waals surface area (Å²) in [6, 6.07) is 25.1. The number of nitrogens with one attached hydrogen (secondary N) is 1. The number of hydrogen-bond donors (Lipinski definition) is 1. The molecule has 7 heteroatoms. The second kappa shape index (κ2) is 10.3. The maximum absolute atomic E-state index is 12.2. The molecule has 0 radical (unpaired) electrons. The van der Waals surface area contributed by atoms with E-state index in [1.807, 2.05) is 60.7 Å². The average Bonchev–Trinajstić information content (AvgIpc) is 2.83. The zero-order valence-electron chi connectivity index (χ0n) is 17.7.